The van der Waals surface area contributed by atoms with E-state index in [1.807, 2.05) is 12.1 Å². The molecule has 22 heavy (non-hydrogen) atoms. The number of carbonyl (C=O) groups excluding carboxylic acids is 1. The molecule has 0 saturated heterocycles. The van der Waals surface area contributed by atoms with Gasteiger partial charge >= 0.3 is 0 Å². The number of amides is 1. The lowest BCUT2D eigenvalue weighted by atomic mass is 10.1. The molecule has 3 rings (SSSR count). The second kappa shape index (κ2) is 5.85. The highest BCUT2D eigenvalue weighted by atomic mass is 79.9. The minimum absolute atomic E-state index is 0.265. The van der Waals surface area contributed by atoms with Crippen molar-refractivity contribution in [1.82, 2.24) is 4.98 Å². The van der Waals surface area contributed by atoms with Crippen LogP contribution in [0.4, 0.5) is 10.1 Å². The first-order chi connectivity index (χ1) is 10.5. The summed E-state index contributed by atoms with van der Waals surface area (Å²) in [6, 6.07) is 13.3. The molecule has 1 heterocycles. The number of hydrogen-bond acceptors (Lipinski definition) is 2. The molecule has 1 amide bonds. The highest BCUT2D eigenvalue weighted by Gasteiger charge is 2.12. The van der Waals surface area contributed by atoms with Crippen LogP contribution in [0, 0.1) is 12.7 Å². The van der Waals surface area contributed by atoms with Crippen LogP contribution in [0.1, 0.15) is 16.1 Å². The second-order valence-electron chi connectivity index (χ2n) is 4.92. The van der Waals surface area contributed by atoms with Gasteiger partial charge in [0.2, 0.25) is 0 Å². The number of rotatable bonds is 2. The van der Waals surface area contributed by atoms with E-state index in [2.05, 4.69) is 26.2 Å². The maximum atomic E-state index is 13.3. The molecule has 3 nitrogen and oxygen atoms in total. The molecule has 0 spiro atoms. The van der Waals surface area contributed by atoms with Gasteiger partial charge in [0.1, 0.15) is 5.82 Å². The van der Waals surface area contributed by atoms with Gasteiger partial charge in [-0.05, 0) is 55.5 Å². The summed E-state index contributed by atoms with van der Waals surface area (Å²) in [6.45, 7) is 1.76. The number of hydrogen-bond donors (Lipinski definition) is 1. The Kier molecular flexibility index (Phi) is 3.90. The maximum Gasteiger partial charge on any atom is 0.257 e. The summed E-state index contributed by atoms with van der Waals surface area (Å²) in [4.78, 5) is 16.8. The van der Waals surface area contributed by atoms with E-state index in [9.17, 15) is 9.18 Å². The van der Waals surface area contributed by atoms with Crippen LogP contribution in [0.15, 0.2) is 53.0 Å². The van der Waals surface area contributed by atoms with Crippen LogP contribution in [-0.4, -0.2) is 10.9 Å². The smallest absolute Gasteiger partial charge is 0.257 e. The highest BCUT2D eigenvalue weighted by molar-refractivity contribution is 9.10. The van der Waals surface area contributed by atoms with Gasteiger partial charge in [0.05, 0.1) is 16.8 Å². The zero-order valence-corrected chi connectivity index (χ0v) is 13.3. The molecule has 110 valence electrons. The standard InChI is InChI=1S/C17H12BrFN2O/c1-10-15(9-11-8-13(19)4-7-16(11)20-10)17(22)21-14-5-2-12(18)3-6-14/h2-9H,1H3,(H,21,22). The van der Waals surface area contributed by atoms with Crippen molar-refractivity contribution < 1.29 is 9.18 Å². The van der Waals surface area contributed by atoms with Gasteiger partial charge in [-0.3, -0.25) is 9.78 Å². The number of nitrogens with one attached hydrogen (secondary N) is 1. The molecule has 0 unspecified atom stereocenters. The molecule has 0 bridgehead atoms. The van der Waals surface area contributed by atoms with Gasteiger partial charge in [0.15, 0.2) is 0 Å². The predicted molar refractivity (Wildman–Crippen MR) is 88.5 cm³/mol. The molecule has 0 aliphatic rings. The number of anilines is 1. The molecule has 0 aliphatic carbocycles. The van der Waals surface area contributed by atoms with Crippen molar-refractivity contribution in [3.8, 4) is 0 Å². The Morgan fingerprint density at radius 2 is 1.86 bits per heavy atom. The highest BCUT2D eigenvalue weighted by Crippen LogP contribution is 2.20. The summed E-state index contributed by atoms with van der Waals surface area (Å²) in [5.41, 5.74) is 2.39. The SMILES string of the molecule is Cc1nc2ccc(F)cc2cc1C(=O)Nc1ccc(Br)cc1. The zero-order chi connectivity index (χ0) is 15.7. The van der Waals surface area contributed by atoms with E-state index in [0.717, 1.165) is 4.47 Å². The monoisotopic (exact) mass is 358 g/mol. The van der Waals surface area contributed by atoms with Crippen LogP contribution in [0.3, 0.4) is 0 Å². The molecule has 0 atom stereocenters. The first-order valence-corrected chi connectivity index (χ1v) is 7.46. The Labute approximate surface area is 135 Å². The van der Waals surface area contributed by atoms with Crippen molar-refractivity contribution in [1.29, 1.82) is 0 Å². The topological polar surface area (TPSA) is 42.0 Å². The van der Waals surface area contributed by atoms with Crippen LogP contribution in [0.2, 0.25) is 0 Å². The van der Waals surface area contributed by atoms with Crippen LogP contribution in [-0.2, 0) is 0 Å². The lowest BCUT2D eigenvalue weighted by Gasteiger charge is -2.09. The molecule has 1 N–H and O–H groups in total. The molecule has 2 aromatic carbocycles. The zero-order valence-electron chi connectivity index (χ0n) is 11.7. The average molecular weight is 359 g/mol. The molecule has 0 fully saturated rings. The fourth-order valence-corrected chi connectivity index (χ4v) is 2.47. The Morgan fingerprint density at radius 3 is 2.59 bits per heavy atom. The van der Waals surface area contributed by atoms with E-state index in [0.29, 0.717) is 27.8 Å². The molecule has 5 heteroatoms. The number of aromatic nitrogens is 1. The summed E-state index contributed by atoms with van der Waals surface area (Å²) in [5.74, 6) is -0.615. The van der Waals surface area contributed by atoms with Crippen molar-refractivity contribution >= 4 is 38.4 Å². The van der Waals surface area contributed by atoms with Crippen LogP contribution < -0.4 is 5.32 Å². The van der Waals surface area contributed by atoms with E-state index in [1.165, 1.54) is 12.1 Å². The lowest BCUT2D eigenvalue weighted by Crippen LogP contribution is -2.14. The summed E-state index contributed by atoms with van der Waals surface area (Å²) in [7, 11) is 0. The van der Waals surface area contributed by atoms with Crippen LogP contribution in [0.25, 0.3) is 10.9 Å². The molecule has 0 saturated carbocycles. The summed E-state index contributed by atoms with van der Waals surface area (Å²) in [5, 5.41) is 3.42. The van der Waals surface area contributed by atoms with E-state index in [-0.39, 0.29) is 11.7 Å². The molecule has 3 aromatic rings. The molecule has 0 radical (unpaired) electrons. The van der Waals surface area contributed by atoms with Gasteiger partial charge in [-0.15, -0.1) is 0 Å². The van der Waals surface area contributed by atoms with Crippen molar-refractivity contribution in [3.63, 3.8) is 0 Å². The van der Waals surface area contributed by atoms with Crippen molar-refractivity contribution in [2.75, 3.05) is 5.32 Å². The first-order valence-electron chi connectivity index (χ1n) is 6.67. The Bertz CT molecular complexity index is 862. The first kappa shape index (κ1) is 14.7. The third-order valence-corrected chi connectivity index (χ3v) is 3.84. The number of pyridine rings is 1. The number of benzene rings is 2. The summed E-state index contributed by atoms with van der Waals surface area (Å²) in [6.07, 6.45) is 0. The maximum absolute atomic E-state index is 13.3. The Hall–Kier alpha value is -2.27. The fraction of sp³-hybridized carbons (Fsp3) is 0.0588. The third-order valence-electron chi connectivity index (χ3n) is 3.31. The minimum atomic E-state index is -0.350. The fourth-order valence-electron chi connectivity index (χ4n) is 2.21. The van der Waals surface area contributed by atoms with Gasteiger partial charge < -0.3 is 5.32 Å². The molecule has 0 aliphatic heterocycles. The molecular formula is C17H12BrFN2O. The molecular weight excluding hydrogens is 347 g/mol. The number of nitrogens with zero attached hydrogens (tertiary/aromatic N) is 1. The predicted octanol–water partition coefficient (Wildman–Crippen LogP) is 4.70. The van der Waals surface area contributed by atoms with E-state index < -0.39 is 0 Å². The third kappa shape index (κ3) is 2.99. The van der Waals surface area contributed by atoms with Crippen LogP contribution >= 0.6 is 15.9 Å². The van der Waals surface area contributed by atoms with Gasteiger partial charge in [-0.2, -0.15) is 0 Å². The normalized spacial score (nSPS) is 10.7. The Morgan fingerprint density at radius 1 is 1.14 bits per heavy atom. The van der Waals surface area contributed by atoms with Crippen molar-refractivity contribution in [2.45, 2.75) is 6.92 Å². The van der Waals surface area contributed by atoms with E-state index >= 15 is 0 Å². The van der Waals surface area contributed by atoms with Gasteiger partial charge in [-0.1, -0.05) is 15.9 Å². The van der Waals surface area contributed by atoms with E-state index in [4.69, 9.17) is 0 Å². The largest absolute Gasteiger partial charge is 0.322 e. The molecule has 1 aromatic heterocycles. The Balaban J connectivity index is 1.96. The number of fused-ring (bicyclic) bond motifs is 1. The summed E-state index contributed by atoms with van der Waals surface area (Å²) >= 11 is 3.34. The number of aryl methyl sites for hydroxylation is 1. The number of halogens is 2. The lowest BCUT2D eigenvalue weighted by molar-refractivity contribution is 0.102. The second-order valence-corrected chi connectivity index (χ2v) is 5.84. The van der Waals surface area contributed by atoms with Crippen molar-refractivity contribution in [2.24, 2.45) is 0 Å². The quantitative estimate of drug-likeness (QED) is 0.721. The van der Waals surface area contributed by atoms with Gasteiger partial charge in [0.25, 0.3) is 5.91 Å². The van der Waals surface area contributed by atoms with Gasteiger partial charge in [0, 0.05) is 15.5 Å². The van der Waals surface area contributed by atoms with Crippen molar-refractivity contribution in [3.05, 3.63) is 70.1 Å². The van der Waals surface area contributed by atoms with E-state index in [1.54, 1.807) is 31.2 Å². The minimum Gasteiger partial charge on any atom is -0.322 e. The number of carbonyl (C=O) groups is 1. The van der Waals surface area contributed by atoms with Gasteiger partial charge in [-0.25, -0.2) is 4.39 Å². The van der Waals surface area contributed by atoms with Crippen LogP contribution in [0.5, 0.6) is 0 Å². The summed E-state index contributed by atoms with van der Waals surface area (Å²) < 4.78 is 14.3. The average Bonchev–Trinajstić information content (AvgIpc) is 2.49.